The number of carbonyl (C=O) groups excluding carboxylic acids is 1. The van der Waals surface area contributed by atoms with E-state index in [1.807, 2.05) is 26.8 Å². The Balaban J connectivity index is 1.70. The molecule has 0 radical (unpaired) electrons. The average Bonchev–Trinajstić information content (AvgIpc) is 3.23. The van der Waals surface area contributed by atoms with Crippen LogP contribution in [0.2, 0.25) is 0 Å². The van der Waals surface area contributed by atoms with Crippen molar-refractivity contribution in [2.75, 3.05) is 12.3 Å². The summed E-state index contributed by atoms with van der Waals surface area (Å²) in [7, 11) is 0. The topological polar surface area (TPSA) is 108 Å². The molecular weight excluding hydrogens is 514 g/mol. The fourth-order valence-corrected chi connectivity index (χ4v) is 4.37. The molecule has 3 N–H and O–H groups in total. The van der Waals surface area contributed by atoms with Gasteiger partial charge < -0.3 is 20.4 Å². The molecule has 164 valence electrons. The highest BCUT2D eigenvalue weighted by atomic mass is 127. The summed E-state index contributed by atoms with van der Waals surface area (Å²) in [5.74, 6) is 1.39. The van der Waals surface area contributed by atoms with Gasteiger partial charge in [-0.05, 0) is 66.6 Å². The number of nitrogens with zero attached hydrogens (tertiary/aromatic N) is 4. The van der Waals surface area contributed by atoms with E-state index in [-0.39, 0.29) is 29.3 Å². The quantitative estimate of drug-likeness (QED) is 0.382. The minimum atomic E-state index is -0.919. The summed E-state index contributed by atoms with van der Waals surface area (Å²) in [6, 6.07) is 4.14. The number of aryl methyl sites for hydroxylation is 1. The fourth-order valence-electron chi connectivity index (χ4n) is 3.65. The van der Waals surface area contributed by atoms with Crippen LogP contribution in [0, 0.1) is 9.65 Å². The van der Waals surface area contributed by atoms with Gasteiger partial charge in [-0.1, -0.05) is 0 Å². The lowest BCUT2D eigenvalue weighted by molar-refractivity contribution is -0.122. The molecule has 8 nitrogen and oxygen atoms in total. The van der Waals surface area contributed by atoms with Gasteiger partial charge in [0.05, 0.1) is 6.61 Å². The summed E-state index contributed by atoms with van der Waals surface area (Å²) >= 11 is 2.30. The second-order valence-corrected chi connectivity index (χ2v) is 9.77. The monoisotopic (exact) mass is 538 g/mol. The number of imidazole rings is 1. The lowest BCUT2D eigenvalue weighted by Gasteiger charge is -2.20. The Hall–Kier alpha value is -2.50. The summed E-state index contributed by atoms with van der Waals surface area (Å²) in [5, 5.41) is 2.94. The van der Waals surface area contributed by atoms with Crippen molar-refractivity contribution in [1.29, 1.82) is 0 Å². The molecule has 10 heteroatoms. The van der Waals surface area contributed by atoms with Gasteiger partial charge in [0.15, 0.2) is 17.0 Å². The molecule has 3 aromatic rings. The molecule has 2 aromatic heterocycles. The van der Waals surface area contributed by atoms with E-state index < -0.39 is 6.08 Å². The van der Waals surface area contributed by atoms with Gasteiger partial charge >= 0.3 is 6.08 Å². The van der Waals surface area contributed by atoms with Crippen LogP contribution in [0.1, 0.15) is 44.1 Å². The third kappa shape index (κ3) is 4.73. The normalized spacial score (nSPS) is 13.3. The minimum absolute atomic E-state index is 0.0198. The maximum atomic E-state index is 13.9. The number of carbonyl (C=O) groups is 1. The number of nitrogen functional groups attached to an aromatic ring is 1. The Bertz CT molecular complexity index is 1170. The van der Waals surface area contributed by atoms with E-state index in [1.54, 1.807) is 4.57 Å². The second-order valence-electron chi connectivity index (χ2n) is 8.60. The number of nitrogens with one attached hydrogen (secondary N) is 1. The van der Waals surface area contributed by atoms with Crippen molar-refractivity contribution in [2.24, 2.45) is 0 Å². The Morgan fingerprint density at radius 3 is 2.84 bits per heavy atom. The average molecular weight is 538 g/mol. The van der Waals surface area contributed by atoms with E-state index in [2.05, 4.69) is 48.9 Å². The number of ether oxygens (including phenoxy) is 1. The molecule has 0 saturated carbocycles. The molecule has 0 saturated heterocycles. The highest BCUT2D eigenvalue weighted by Crippen LogP contribution is 2.31. The first-order valence-corrected chi connectivity index (χ1v) is 11.1. The molecule has 1 aliphatic rings. The molecule has 4 rings (SSSR count). The first kappa shape index (κ1) is 21.7. The lowest BCUT2D eigenvalue weighted by Crippen LogP contribution is -2.40. The standard InChI is InChI=1S/C21H24FIN6O2/c1-21(2,3)28-16(30)4-6-29-15(25-17-18(24)26-20(22)27-19(17)29)10-12-9-14-11(5-7-31-14)8-13(12)23/h8-9H,4-7,10H2,1-3H3,(H,28,30)(H2,24,26,27). The molecule has 1 amide bonds. The van der Waals surface area contributed by atoms with Gasteiger partial charge in [-0.25, -0.2) is 4.98 Å². The van der Waals surface area contributed by atoms with E-state index in [1.165, 1.54) is 5.56 Å². The van der Waals surface area contributed by atoms with E-state index in [9.17, 15) is 9.18 Å². The van der Waals surface area contributed by atoms with Crippen LogP contribution in [-0.4, -0.2) is 37.6 Å². The third-order valence-corrected chi connectivity index (χ3v) is 5.96. The number of hydrogen-bond donors (Lipinski definition) is 2. The first-order chi connectivity index (χ1) is 14.6. The predicted molar refractivity (Wildman–Crippen MR) is 123 cm³/mol. The summed E-state index contributed by atoms with van der Waals surface area (Å²) in [5.41, 5.74) is 8.42. The van der Waals surface area contributed by atoms with Gasteiger partial charge in [0.2, 0.25) is 5.91 Å². The largest absolute Gasteiger partial charge is 0.493 e. The number of fused-ring (bicyclic) bond motifs is 2. The van der Waals surface area contributed by atoms with Crippen molar-refractivity contribution in [2.45, 2.75) is 52.1 Å². The summed E-state index contributed by atoms with van der Waals surface area (Å²) < 4.78 is 22.5. The maximum Gasteiger partial charge on any atom is 0.312 e. The molecule has 1 aromatic carbocycles. The van der Waals surface area contributed by atoms with E-state index in [0.717, 1.165) is 21.3 Å². The SMILES string of the molecule is CC(C)(C)NC(=O)CCn1c(Cc2cc3c(cc2I)CCO3)nc2c(N)nc(F)nc21. The van der Waals surface area contributed by atoms with Crippen LogP contribution in [0.5, 0.6) is 5.75 Å². The van der Waals surface area contributed by atoms with Crippen molar-refractivity contribution in [1.82, 2.24) is 24.8 Å². The van der Waals surface area contributed by atoms with Gasteiger partial charge in [0, 0.05) is 34.9 Å². The van der Waals surface area contributed by atoms with Gasteiger partial charge in [-0.3, -0.25) is 4.79 Å². The molecule has 0 atom stereocenters. The molecule has 0 unspecified atom stereocenters. The number of anilines is 1. The number of aromatic nitrogens is 4. The molecule has 0 fully saturated rings. The highest BCUT2D eigenvalue weighted by molar-refractivity contribution is 14.1. The summed E-state index contributed by atoms with van der Waals surface area (Å²) in [6.07, 6.45) is 0.648. The molecule has 31 heavy (non-hydrogen) atoms. The number of halogens is 2. The Labute approximate surface area is 192 Å². The zero-order valence-corrected chi connectivity index (χ0v) is 19.8. The fraction of sp³-hybridized carbons (Fsp3) is 0.429. The zero-order valence-electron chi connectivity index (χ0n) is 17.6. The summed E-state index contributed by atoms with van der Waals surface area (Å²) in [4.78, 5) is 24.5. The predicted octanol–water partition coefficient (Wildman–Crippen LogP) is 2.98. The van der Waals surface area contributed by atoms with Crippen LogP contribution in [0.4, 0.5) is 10.2 Å². The third-order valence-electron chi connectivity index (χ3n) is 4.96. The Morgan fingerprint density at radius 2 is 2.10 bits per heavy atom. The molecule has 1 aliphatic heterocycles. The summed E-state index contributed by atoms with van der Waals surface area (Å²) in [6.45, 7) is 6.74. The van der Waals surface area contributed by atoms with Gasteiger partial charge in [-0.2, -0.15) is 14.4 Å². The van der Waals surface area contributed by atoms with Crippen molar-refractivity contribution in [3.63, 3.8) is 0 Å². The van der Waals surface area contributed by atoms with Crippen LogP contribution in [0.15, 0.2) is 12.1 Å². The number of nitrogens with two attached hydrogens (primary N) is 1. The van der Waals surface area contributed by atoms with Gasteiger partial charge in [-0.15, -0.1) is 0 Å². The van der Waals surface area contributed by atoms with Crippen LogP contribution in [0.25, 0.3) is 11.2 Å². The molecule has 0 spiro atoms. The molecule has 0 aliphatic carbocycles. The minimum Gasteiger partial charge on any atom is -0.493 e. The van der Waals surface area contributed by atoms with Crippen LogP contribution in [0.3, 0.4) is 0 Å². The van der Waals surface area contributed by atoms with Crippen LogP contribution in [-0.2, 0) is 24.2 Å². The number of amides is 1. The van der Waals surface area contributed by atoms with E-state index in [0.29, 0.717) is 30.9 Å². The zero-order chi connectivity index (χ0) is 22.3. The maximum absolute atomic E-state index is 13.9. The van der Waals surface area contributed by atoms with Crippen molar-refractivity contribution < 1.29 is 13.9 Å². The number of hydrogen-bond acceptors (Lipinski definition) is 6. The molecular formula is C21H24FIN6O2. The number of benzene rings is 1. The molecule has 0 bridgehead atoms. The number of rotatable bonds is 5. The van der Waals surface area contributed by atoms with E-state index >= 15 is 0 Å². The highest BCUT2D eigenvalue weighted by Gasteiger charge is 2.21. The van der Waals surface area contributed by atoms with Crippen molar-refractivity contribution in [3.05, 3.63) is 38.7 Å². The lowest BCUT2D eigenvalue weighted by atomic mass is 10.1. The van der Waals surface area contributed by atoms with Crippen LogP contribution >= 0.6 is 22.6 Å². The Morgan fingerprint density at radius 1 is 1.32 bits per heavy atom. The van der Waals surface area contributed by atoms with Crippen molar-refractivity contribution in [3.8, 4) is 5.75 Å². The van der Waals surface area contributed by atoms with Crippen molar-refractivity contribution >= 4 is 45.5 Å². The smallest absolute Gasteiger partial charge is 0.312 e. The van der Waals surface area contributed by atoms with Crippen LogP contribution < -0.4 is 15.8 Å². The van der Waals surface area contributed by atoms with E-state index in [4.69, 9.17) is 10.5 Å². The molecule has 3 heterocycles. The Kier molecular flexibility index (Phi) is 5.75. The van der Waals surface area contributed by atoms with Gasteiger partial charge in [0.25, 0.3) is 0 Å². The van der Waals surface area contributed by atoms with Gasteiger partial charge in [0.1, 0.15) is 11.6 Å². The first-order valence-electron chi connectivity index (χ1n) is 10.0. The second kappa shape index (κ2) is 8.21.